The molecule has 2 nitrogen and oxygen atoms in total. The van der Waals surface area contributed by atoms with Crippen molar-refractivity contribution >= 4 is 11.6 Å². The van der Waals surface area contributed by atoms with Crippen molar-refractivity contribution in [3.63, 3.8) is 0 Å². The molecule has 0 radical (unpaired) electrons. The number of carbonyl (C=O) groups is 2. The molecule has 0 N–H and O–H groups in total. The zero-order valence-electron chi connectivity index (χ0n) is 6.30. The van der Waals surface area contributed by atoms with Crippen LogP contribution in [0.3, 0.4) is 0 Å². The molecule has 0 amide bonds. The minimum Gasteiger partial charge on any atom is -0.300 e. The van der Waals surface area contributed by atoms with Gasteiger partial charge in [-0.05, 0) is 17.4 Å². The van der Waals surface area contributed by atoms with E-state index >= 15 is 0 Å². The SMILES string of the molecule is C=C1C(=O)CC2CC(=O)CC12. The third-order valence-electron chi connectivity index (χ3n) is 2.76. The molecule has 0 spiro atoms. The topological polar surface area (TPSA) is 34.1 Å². The molecular weight excluding hydrogens is 140 g/mol. The lowest BCUT2D eigenvalue weighted by atomic mass is 9.98. The molecule has 2 rings (SSSR count). The summed E-state index contributed by atoms with van der Waals surface area (Å²) in [7, 11) is 0. The molecule has 0 heterocycles. The molecule has 2 unspecified atom stereocenters. The summed E-state index contributed by atoms with van der Waals surface area (Å²) in [5, 5.41) is 0. The molecule has 2 fully saturated rings. The molecule has 11 heavy (non-hydrogen) atoms. The highest BCUT2D eigenvalue weighted by molar-refractivity contribution is 6.00. The van der Waals surface area contributed by atoms with Crippen LogP contribution in [0.4, 0.5) is 0 Å². The molecule has 2 aliphatic carbocycles. The summed E-state index contributed by atoms with van der Waals surface area (Å²) in [6, 6.07) is 0. The zero-order chi connectivity index (χ0) is 8.01. The first-order valence-electron chi connectivity index (χ1n) is 3.92. The molecule has 2 heteroatoms. The van der Waals surface area contributed by atoms with E-state index in [4.69, 9.17) is 0 Å². The fourth-order valence-corrected chi connectivity index (χ4v) is 2.13. The summed E-state index contributed by atoms with van der Waals surface area (Å²) in [5.41, 5.74) is 0.695. The Hall–Kier alpha value is -0.920. The first-order valence-corrected chi connectivity index (χ1v) is 3.92. The van der Waals surface area contributed by atoms with Crippen LogP contribution >= 0.6 is 0 Å². The van der Waals surface area contributed by atoms with Crippen molar-refractivity contribution in [3.05, 3.63) is 12.2 Å². The maximum atomic E-state index is 11.1. The predicted octanol–water partition coefficient (Wildman–Crippen LogP) is 1.11. The van der Waals surface area contributed by atoms with Crippen molar-refractivity contribution < 1.29 is 9.59 Å². The molecule has 0 aliphatic heterocycles. The molecule has 0 aromatic rings. The van der Waals surface area contributed by atoms with E-state index < -0.39 is 0 Å². The van der Waals surface area contributed by atoms with E-state index in [-0.39, 0.29) is 11.7 Å². The van der Waals surface area contributed by atoms with Gasteiger partial charge in [0.25, 0.3) is 0 Å². The number of rotatable bonds is 0. The molecule has 0 saturated heterocycles. The van der Waals surface area contributed by atoms with Crippen LogP contribution in [-0.4, -0.2) is 11.6 Å². The molecule has 0 bridgehead atoms. The molecule has 0 aromatic carbocycles. The minimum absolute atomic E-state index is 0.174. The zero-order valence-corrected chi connectivity index (χ0v) is 6.30. The Balaban J connectivity index is 2.26. The smallest absolute Gasteiger partial charge is 0.158 e. The van der Waals surface area contributed by atoms with Gasteiger partial charge in [-0.15, -0.1) is 0 Å². The van der Waals surface area contributed by atoms with Gasteiger partial charge in [0, 0.05) is 19.3 Å². The van der Waals surface area contributed by atoms with Crippen molar-refractivity contribution in [2.45, 2.75) is 19.3 Å². The fraction of sp³-hybridized carbons (Fsp3) is 0.556. The lowest BCUT2D eigenvalue weighted by molar-refractivity contribution is -0.118. The van der Waals surface area contributed by atoms with Crippen molar-refractivity contribution in [3.8, 4) is 0 Å². The van der Waals surface area contributed by atoms with E-state index in [1.54, 1.807) is 0 Å². The summed E-state index contributed by atoms with van der Waals surface area (Å²) in [5.74, 6) is 0.985. The number of Topliss-reactive ketones (excluding diaryl/α,β-unsaturated/α-hetero) is 2. The Morgan fingerprint density at radius 2 is 1.91 bits per heavy atom. The maximum Gasteiger partial charge on any atom is 0.158 e. The summed E-state index contributed by atoms with van der Waals surface area (Å²) >= 11 is 0. The van der Waals surface area contributed by atoms with Crippen LogP contribution in [-0.2, 0) is 9.59 Å². The number of allylic oxidation sites excluding steroid dienone is 1. The van der Waals surface area contributed by atoms with E-state index in [1.807, 2.05) is 0 Å². The molecular formula is C9H10O2. The second kappa shape index (κ2) is 2.03. The van der Waals surface area contributed by atoms with Crippen molar-refractivity contribution in [2.24, 2.45) is 11.8 Å². The monoisotopic (exact) mass is 150 g/mol. The average Bonchev–Trinajstić information content (AvgIpc) is 2.37. The summed E-state index contributed by atoms with van der Waals surface area (Å²) in [6.07, 6.45) is 1.74. The fourth-order valence-electron chi connectivity index (χ4n) is 2.13. The number of carbonyl (C=O) groups excluding carboxylic acids is 2. The van der Waals surface area contributed by atoms with Gasteiger partial charge in [-0.2, -0.15) is 0 Å². The van der Waals surface area contributed by atoms with Gasteiger partial charge in [0.1, 0.15) is 5.78 Å². The third-order valence-corrected chi connectivity index (χ3v) is 2.76. The molecule has 58 valence electrons. The van der Waals surface area contributed by atoms with Gasteiger partial charge in [0.15, 0.2) is 5.78 Å². The Morgan fingerprint density at radius 3 is 2.55 bits per heavy atom. The maximum absolute atomic E-state index is 11.1. The largest absolute Gasteiger partial charge is 0.300 e. The number of fused-ring (bicyclic) bond motifs is 1. The van der Waals surface area contributed by atoms with Gasteiger partial charge >= 0.3 is 0 Å². The van der Waals surface area contributed by atoms with E-state index in [2.05, 4.69) is 6.58 Å². The quantitative estimate of drug-likeness (QED) is 0.485. The highest BCUT2D eigenvalue weighted by Gasteiger charge is 2.42. The first kappa shape index (κ1) is 6.77. The van der Waals surface area contributed by atoms with Crippen LogP contribution in [0.15, 0.2) is 12.2 Å². The second-order valence-corrected chi connectivity index (χ2v) is 3.47. The lowest BCUT2D eigenvalue weighted by Gasteiger charge is -2.04. The van der Waals surface area contributed by atoms with Crippen molar-refractivity contribution in [2.75, 3.05) is 0 Å². The summed E-state index contributed by atoms with van der Waals surface area (Å²) in [4.78, 5) is 22.0. The molecule has 0 aromatic heterocycles. The van der Waals surface area contributed by atoms with Crippen LogP contribution < -0.4 is 0 Å². The van der Waals surface area contributed by atoms with Crippen molar-refractivity contribution in [1.29, 1.82) is 0 Å². The van der Waals surface area contributed by atoms with E-state index in [0.717, 1.165) is 0 Å². The Labute approximate surface area is 65.3 Å². The van der Waals surface area contributed by atoms with Gasteiger partial charge in [-0.25, -0.2) is 0 Å². The Bertz CT molecular complexity index is 252. The number of hydrogen-bond acceptors (Lipinski definition) is 2. The van der Waals surface area contributed by atoms with Crippen LogP contribution in [0.2, 0.25) is 0 Å². The van der Waals surface area contributed by atoms with Crippen LogP contribution in [0.25, 0.3) is 0 Å². The van der Waals surface area contributed by atoms with E-state index in [1.165, 1.54) is 0 Å². The van der Waals surface area contributed by atoms with Crippen LogP contribution in [0, 0.1) is 11.8 Å². The minimum atomic E-state index is 0.174. The number of ketones is 2. The average molecular weight is 150 g/mol. The highest BCUT2D eigenvalue weighted by Crippen LogP contribution is 2.42. The van der Waals surface area contributed by atoms with Gasteiger partial charge in [-0.1, -0.05) is 6.58 Å². The normalized spacial score (nSPS) is 36.5. The molecule has 2 atom stereocenters. The number of hydrogen-bond donors (Lipinski definition) is 0. The van der Waals surface area contributed by atoms with Crippen LogP contribution in [0.1, 0.15) is 19.3 Å². The van der Waals surface area contributed by atoms with Gasteiger partial charge < -0.3 is 0 Å². The summed E-state index contributed by atoms with van der Waals surface area (Å²) in [6.45, 7) is 3.71. The molecule has 2 aliphatic rings. The summed E-state index contributed by atoms with van der Waals surface area (Å²) < 4.78 is 0. The third kappa shape index (κ3) is 0.854. The van der Waals surface area contributed by atoms with Gasteiger partial charge in [0.2, 0.25) is 0 Å². The predicted molar refractivity (Wildman–Crippen MR) is 40.0 cm³/mol. The standard InChI is InChI=1S/C9H10O2/c1-5-8-4-7(10)2-6(8)3-9(5)11/h6,8H,1-4H2. The molecule has 2 saturated carbocycles. The first-order chi connectivity index (χ1) is 5.18. The van der Waals surface area contributed by atoms with Crippen molar-refractivity contribution in [1.82, 2.24) is 0 Å². The Kier molecular flexibility index (Phi) is 1.25. The lowest BCUT2D eigenvalue weighted by Crippen LogP contribution is -2.00. The van der Waals surface area contributed by atoms with Crippen LogP contribution in [0.5, 0.6) is 0 Å². The highest BCUT2D eigenvalue weighted by atomic mass is 16.1. The Morgan fingerprint density at radius 1 is 1.18 bits per heavy atom. The van der Waals surface area contributed by atoms with Gasteiger partial charge in [0.05, 0.1) is 0 Å². The van der Waals surface area contributed by atoms with E-state index in [9.17, 15) is 9.59 Å². The van der Waals surface area contributed by atoms with E-state index in [0.29, 0.717) is 36.5 Å². The van der Waals surface area contributed by atoms with Gasteiger partial charge in [-0.3, -0.25) is 9.59 Å². The second-order valence-electron chi connectivity index (χ2n) is 3.47.